The minimum absolute atomic E-state index is 1.15. The molecule has 0 aliphatic rings. The lowest BCUT2D eigenvalue weighted by Crippen LogP contribution is -1.97. The fourth-order valence-corrected chi connectivity index (χ4v) is 9.58. The van der Waals surface area contributed by atoms with Gasteiger partial charge in [-0.15, -0.1) is 0 Å². The highest BCUT2D eigenvalue weighted by molar-refractivity contribution is 6.24. The van der Waals surface area contributed by atoms with Crippen LogP contribution in [0, 0.1) is 0 Å². The van der Waals surface area contributed by atoms with E-state index in [0.717, 1.165) is 11.4 Å². The number of aromatic nitrogens is 4. The monoisotopic (exact) mass is 690 g/mol. The summed E-state index contributed by atoms with van der Waals surface area (Å²) in [5.74, 6) is 0. The van der Waals surface area contributed by atoms with E-state index >= 15 is 0 Å². The second kappa shape index (κ2) is 10.8. The van der Waals surface area contributed by atoms with Crippen LogP contribution in [0.25, 0.3) is 110 Å². The molecule has 0 saturated heterocycles. The zero-order valence-electron chi connectivity index (χ0n) is 30.0. The Balaban J connectivity index is 1.12. The van der Waals surface area contributed by atoms with E-state index in [0.29, 0.717) is 0 Å². The SMILES string of the molecule is Cn1c2ccccc2c2cc3c4c(-c5ccc(-n6c7ccccc7c7ccc8c9ccccc9n(C)c8c76)cc5)cccc4n(-c4ccccc4)c3cc21. The van der Waals surface area contributed by atoms with E-state index in [2.05, 4.69) is 202 Å². The van der Waals surface area contributed by atoms with Crippen molar-refractivity contribution >= 4 is 87.2 Å². The van der Waals surface area contributed by atoms with Gasteiger partial charge in [0.05, 0.1) is 33.1 Å². The lowest BCUT2D eigenvalue weighted by atomic mass is 9.98. The fourth-order valence-electron chi connectivity index (χ4n) is 9.58. The van der Waals surface area contributed by atoms with Gasteiger partial charge in [0.2, 0.25) is 0 Å². The molecule has 0 spiro atoms. The third-order valence-corrected chi connectivity index (χ3v) is 12.0. The second-order valence-electron chi connectivity index (χ2n) is 14.7. The molecule has 4 heteroatoms. The van der Waals surface area contributed by atoms with E-state index in [-0.39, 0.29) is 0 Å². The van der Waals surface area contributed by atoms with Gasteiger partial charge < -0.3 is 18.3 Å². The van der Waals surface area contributed by atoms with E-state index in [1.54, 1.807) is 0 Å². The molecule has 0 radical (unpaired) electrons. The van der Waals surface area contributed by atoms with Gasteiger partial charge >= 0.3 is 0 Å². The van der Waals surface area contributed by atoms with E-state index in [1.807, 2.05) is 0 Å². The molecule has 12 rings (SSSR count). The third-order valence-electron chi connectivity index (χ3n) is 12.0. The fraction of sp³-hybridized carbons (Fsp3) is 0.0400. The van der Waals surface area contributed by atoms with Crippen LogP contribution in [0.3, 0.4) is 0 Å². The first kappa shape index (κ1) is 29.5. The molecule has 4 heterocycles. The van der Waals surface area contributed by atoms with Gasteiger partial charge in [-0.25, -0.2) is 0 Å². The van der Waals surface area contributed by atoms with Crippen LogP contribution in [0.5, 0.6) is 0 Å². The summed E-state index contributed by atoms with van der Waals surface area (Å²) in [5.41, 5.74) is 14.6. The van der Waals surface area contributed by atoms with Gasteiger partial charge in [-0.1, -0.05) is 109 Å². The summed E-state index contributed by atoms with van der Waals surface area (Å²) in [5, 5.41) is 10.2. The summed E-state index contributed by atoms with van der Waals surface area (Å²) in [6.07, 6.45) is 0. The minimum Gasteiger partial charge on any atom is -0.344 e. The van der Waals surface area contributed by atoms with Gasteiger partial charge in [0.25, 0.3) is 0 Å². The average molecular weight is 691 g/mol. The summed E-state index contributed by atoms with van der Waals surface area (Å²) in [7, 11) is 4.38. The Labute approximate surface area is 310 Å². The molecule has 0 atom stereocenters. The molecule has 0 aliphatic carbocycles. The van der Waals surface area contributed by atoms with Crippen LogP contribution in [0.15, 0.2) is 170 Å². The van der Waals surface area contributed by atoms with E-state index in [9.17, 15) is 0 Å². The Morgan fingerprint density at radius 3 is 1.63 bits per heavy atom. The maximum absolute atomic E-state index is 2.47. The van der Waals surface area contributed by atoms with Crippen molar-refractivity contribution in [1.82, 2.24) is 18.3 Å². The molecule has 8 aromatic carbocycles. The molecule has 0 fully saturated rings. The lowest BCUT2D eigenvalue weighted by Gasteiger charge is -2.12. The highest BCUT2D eigenvalue weighted by atomic mass is 15.0. The lowest BCUT2D eigenvalue weighted by molar-refractivity contribution is 1.01. The first-order valence-corrected chi connectivity index (χ1v) is 18.7. The highest BCUT2D eigenvalue weighted by Crippen LogP contribution is 2.43. The Kier molecular flexibility index (Phi) is 5.88. The van der Waals surface area contributed by atoms with Crippen LogP contribution in [0.4, 0.5) is 0 Å². The van der Waals surface area contributed by atoms with Gasteiger partial charge in [-0.3, -0.25) is 0 Å². The molecule has 0 bridgehead atoms. The molecule has 12 aromatic rings. The Hall–Kier alpha value is -7.04. The van der Waals surface area contributed by atoms with Gasteiger partial charge in [0, 0.05) is 79.6 Å². The van der Waals surface area contributed by atoms with Crippen LogP contribution in [-0.2, 0) is 14.1 Å². The summed E-state index contributed by atoms with van der Waals surface area (Å²) in [6, 6.07) is 62.5. The van der Waals surface area contributed by atoms with Crippen molar-refractivity contribution in [2.45, 2.75) is 0 Å². The number of rotatable bonds is 3. The average Bonchev–Trinajstić information content (AvgIpc) is 3.92. The van der Waals surface area contributed by atoms with Crippen molar-refractivity contribution in [3.05, 3.63) is 170 Å². The molecule has 0 saturated carbocycles. The summed E-state index contributed by atoms with van der Waals surface area (Å²) >= 11 is 0. The molecular weight excluding hydrogens is 657 g/mol. The summed E-state index contributed by atoms with van der Waals surface area (Å²) in [4.78, 5) is 0. The van der Waals surface area contributed by atoms with Gasteiger partial charge in [-0.2, -0.15) is 0 Å². The topological polar surface area (TPSA) is 19.7 Å². The summed E-state index contributed by atoms with van der Waals surface area (Å²) in [6.45, 7) is 0. The standard InChI is InChI=1S/C50H34N4/c1-51-42-19-9-7-17-37(42)40-29-41-47(30-46(40)51)53(32-13-4-3-5-14-32)45-22-12-18-34(48(41)45)31-23-25-33(26-24-31)54-44-21-11-8-16-36(44)39-28-27-38-35-15-6-10-20-43(35)52(2)49(38)50(39)54/h3-30H,1-2H3. The van der Waals surface area contributed by atoms with Crippen molar-refractivity contribution in [2.75, 3.05) is 0 Å². The number of para-hydroxylation sites is 4. The summed E-state index contributed by atoms with van der Waals surface area (Å²) < 4.78 is 9.60. The Morgan fingerprint density at radius 2 is 0.889 bits per heavy atom. The van der Waals surface area contributed by atoms with Crippen LogP contribution in [0.1, 0.15) is 0 Å². The molecule has 0 unspecified atom stereocenters. The molecule has 254 valence electrons. The smallest absolute Gasteiger partial charge is 0.0785 e. The first-order chi connectivity index (χ1) is 26.7. The quantitative estimate of drug-likeness (QED) is 0.176. The van der Waals surface area contributed by atoms with Gasteiger partial charge in [-0.05, 0) is 71.8 Å². The molecule has 54 heavy (non-hydrogen) atoms. The van der Waals surface area contributed by atoms with E-state index in [4.69, 9.17) is 0 Å². The molecule has 4 nitrogen and oxygen atoms in total. The number of nitrogens with zero attached hydrogens (tertiary/aromatic N) is 4. The maximum Gasteiger partial charge on any atom is 0.0785 e. The van der Waals surface area contributed by atoms with Crippen molar-refractivity contribution < 1.29 is 0 Å². The first-order valence-electron chi connectivity index (χ1n) is 18.7. The second-order valence-corrected chi connectivity index (χ2v) is 14.7. The molecule has 4 aromatic heterocycles. The van der Waals surface area contributed by atoms with Gasteiger partial charge in [0.15, 0.2) is 0 Å². The minimum atomic E-state index is 1.15. The van der Waals surface area contributed by atoms with Gasteiger partial charge in [0.1, 0.15) is 0 Å². The number of hydrogen-bond acceptors (Lipinski definition) is 0. The zero-order chi connectivity index (χ0) is 35.7. The van der Waals surface area contributed by atoms with Crippen molar-refractivity contribution in [3.8, 4) is 22.5 Å². The molecule has 0 N–H and O–H groups in total. The van der Waals surface area contributed by atoms with Crippen molar-refractivity contribution in [3.63, 3.8) is 0 Å². The normalized spacial score (nSPS) is 12.3. The highest BCUT2D eigenvalue weighted by Gasteiger charge is 2.21. The van der Waals surface area contributed by atoms with Crippen molar-refractivity contribution in [1.29, 1.82) is 0 Å². The van der Waals surface area contributed by atoms with Crippen LogP contribution >= 0.6 is 0 Å². The largest absolute Gasteiger partial charge is 0.344 e. The zero-order valence-corrected chi connectivity index (χ0v) is 30.0. The molecule has 0 aliphatic heterocycles. The number of benzene rings is 8. The molecule has 0 amide bonds. The van der Waals surface area contributed by atoms with Crippen LogP contribution in [-0.4, -0.2) is 18.3 Å². The van der Waals surface area contributed by atoms with E-state index in [1.165, 1.54) is 98.4 Å². The predicted octanol–water partition coefficient (Wildman–Crippen LogP) is 12.8. The Bertz CT molecular complexity index is 3500. The predicted molar refractivity (Wildman–Crippen MR) is 229 cm³/mol. The Morgan fingerprint density at radius 1 is 0.315 bits per heavy atom. The van der Waals surface area contributed by atoms with Crippen LogP contribution in [0.2, 0.25) is 0 Å². The molecular formula is C50H34N4. The van der Waals surface area contributed by atoms with Crippen LogP contribution < -0.4 is 0 Å². The maximum atomic E-state index is 2.47. The van der Waals surface area contributed by atoms with E-state index < -0.39 is 0 Å². The number of fused-ring (bicyclic) bond motifs is 13. The van der Waals surface area contributed by atoms with Crippen molar-refractivity contribution in [2.24, 2.45) is 14.1 Å². The number of hydrogen-bond donors (Lipinski definition) is 0. The number of aryl methyl sites for hydroxylation is 2. The third kappa shape index (κ3) is 3.81.